The molecule has 0 N–H and O–H groups in total. The lowest BCUT2D eigenvalue weighted by atomic mass is 9.93. The Bertz CT molecular complexity index is 6720. The first-order valence-corrected chi connectivity index (χ1v) is 36.3. The quantitative estimate of drug-likeness (QED) is 0.111. The molecule has 8 heteroatoms. The predicted molar refractivity (Wildman–Crippen MR) is 446 cm³/mol. The number of rotatable bonds is 12. The Balaban J connectivity index is 0.000000147. The van der Waals surface area contributed by atoms with E-state index < -0.39 is 0 Å². The third kappa shape index (κ3) is 12.6. The molecule has 0 bridgehead atoms. The lowest BCUT2D eigenvalue weighted by Gasteiger charge is -2.14. The van der Waals surface area contributed by atoms with Crippen molar-refractivity contribution in [3.8, 4) is 135 Å². The van der Waals surface area contributed by atoms with Gasteiger partial charge in [0.1, 0.15) is 0 Å². The SMILES string of the molecule is c1ccc(-c2ccc(-c3nc(-c4ccccc4)nc(-c4ccc(-c5cccc(-c6nc7c8ccccc8ccc7c7ccccc67)c5)cc4)n3)cc2)cc1.c1ccc(-c2ccc(-c3nc(-c4ccccc4)nc(-c4ccc(-c5cccc(-c6nc7ccccc7c7ccc8ccccc8c67)c5)cc4)n3)cc2)cc1. The molecule has 0 aliphatic rings. The van der Waals surface area contributed by atoms with Gasteiger partial charge < -0.3 is 0 Å². The summed E-state index contributed by atoms with van der Waals surface area (Å²) in [5.74, 6) is 3.82. The number of hydrogen-bond acceptors (Lipinski definition) is 8. The number of nitrogens with zero attached hydrogens (tertiary/aromatic N) is 8. The van der Waals surface area contributed by atoms with Crippen LogP contribution in [0.4, 0.5) is 0 Å². The molecule has 0 unspecified atom stereocenters. The molecule has 4 aromatic heterocycles. The minimum Gasteiger partial charge on any atom is -0.247 e. The Hall–Kier alpha value is -14.6. The van der Waals surface area contributed by atoms with Crippen LogP contribution in [0, 0.1) is 0 Å². The first-order valence-electron chi connectivity index (χ1n) is 36.3. The molecule has 20 aromatic rings. The Morgan fingerprint density at radius 2 is 0.435 bits per heavy atom. The highest BCUT2D eigenvalue weighted by Crippen LogP contribution is 2.41. The second-order valence-electron chi connectivity index (χ2n) is 26.9. The molecule has 0 atom stereocenters. The van der Waals surface area contributed by atoms with E-state index >= 15 is 0 Å². The molecule has 16 aromatic carbocycles. The third-order valence-corrected chi connectivity index (χ3v) is 20.2. The standard InChI is InChI=1S/2C50H32N4/c1-3-12-33(13-4-1)34-22-26-38(27-23-34)49-52-48(37-15-5-2-6-16-37)53-50(54-49)39-28-24-35(25-29-39)40-17-11-18-41(32-40)47-46-42-19-8-7-14-36(42)30-31-44(46)43-20-9-10-21-45(43)51-47;1-3-12-33(13-4-1)34-22-26-38(27-23-34)49-52-48(37-15-5-2-6-16-37)53-50(54-49)39-28-24-35(25-29-39)40-17-11-18-41(32-40)46-44-21-10-9-20-43(44)45-31-30-36-14-7-8-19-42(36)47(45)51-46/h2*1-32H. The maximum absolute atomic E-state index is 5.35. The van der Waals surface area contributed by atoms with Gasteiger partial charge in [-0.3, -0.25) is 0 Å². The molecule has 0 saturated carbocycles. The van der Waals surface area contributed by atoms with E-state index in [1.54, 1.807) is 0 Å². The molecule has 504 valence electrons. The van der Waals surface area contributed by atoms with Crippen LogP contribution in [0.2, 0.25) is 0 Å². The molecule has 0 fully saturated rings. The summed E-state index contributed by atoms with van der Waals surface area (Å²) in [5.41, 5.74) is 20.8. The van der Waals surface area contributed by atoms with Crippen LogP contribution in [0.3, 0.4) is 0 Å². The number of pyridine rings is 2. The molecule has 0 spiro atoms. The van der Waals surface area contributed by atoms with Crippen LogP contribution in [0.25, 0.3) is 200 Å². The average molecular weight is 1380 g/mol. The lowest BCUT2D eigenvalue weighted by Crippen LogP contribution is -2.00. The van der Waals surface area contributed by atoms with Crippen molar-refractivity contribution < 1.29 is 0 Å². The first-order chi connectivity index (χ1) is 53.5. The molecule has 0 aliphatic carbocycles. The topological polar surface area (TPSA) is 103 Å². The highest BCUT2D eigenvalue weighted by Gasteiger charge is 2.20. The van der Waals surface area contributed by atoms with E-state index in [4.69, 9.17) is 39.9 Å². The second kappa shape index (κ2) is 28.2. The first kappa shape index (κ1) is 64.3. The number of benzene rings is 16. The van der Waals surface area contributed by atoms with E-state index in [0.717, 1.165) is 116 Å². The summed E-state index contributed by atoms with van der Waals surface area (Å²) in [4.78, 5) is 40.4. The fourth-order valence-corrected chi connectivity index (χ4v) is 14.7. The van der Waals surface area contributed by atoms with Crippen molar-refractivity contribution in [2.75, 3.05) is 0 Å². The molecular formula is C100H64N8. The Kier molecular flexibility index (Phi) is 16.8. The van der Waals surface area contributed by atoms with Gasteiger partial charge in [0.15, 0.2) is 34.9 Å². The van der Waals surface area contributed by atoms with Crippen LogP contribution in [0.5, 0.6) is 0 Å². The highest BCUT2D eigenvalue weighted by atomic mass is 15.0. The fraction of sp³-hybridized carbons (Fsp3) is 0. The van der Waals surface area contributed by atoms with Crippen LogP contribution in [0.15, 0.2) is 388 Å². The fourth-order valence-electron chi connectivity index (χ4n) is 14.7. The second-order valence-corrected chi connectivity index (χ2v) is 26.9. The van der Waals surface area contributed by atoms with E-state index in [-0.39, 0.29) is 0 Å². The van der Waals surface area contributed by atoms with Crippen molar-refractivity contribution in [1.82, 2.24) is 39.9 Å². The molecular weight excluding hydrogens is 1310 g/mol. The van der Waals surface area contributed by atoms with E-state index in [0.29, 0.717) is 34.9 Å². The predicted octanol–water partition coefficient (Wildman–Crippen LogP) is 25.5. The summed E-state index contributed by atoms with van der Waals surface area (Å²) in [6.07, 6.45) is 0. The molecule has 0 saturated heterocycles. The number of fused-ring (bicyclic) bond motifs is 10. The monoisotopic (exact) mass is 1380 g/mol. The van der Waals surface area contributed by atoms with Crippen LogP contribution in [0.1, 0.15) is 0 Å². The summed E-state index contributed by atoms with van der Waals surface area (Å²) < 4.78 is 0. The number of para-hydroxylation sites is 1. The molecule has 0 radical (unpaired) electrons. The Labute approximate surface area is 624 Å². The van der Waals surface area contributed by atoms with Gasteiger partial charge in [-0.2, -0.15) is 0 Å². The molecule has 4 heterocycles. The molecule has 108 heavy (non-hydrogen) atoms. The largest absolute Gasteiger partial charge is 0.247 e. The van der Waals surface area contributed by atoms with Gasteiger partial charge in [0.05, 0.1) is 22.4 Å². The summed E-state index contributed by atoms with van der Waals surface area (Å²) >= 11 is 0. The maximum atomic E-state index is 5.35. The van der Waals surface area contributed by atoms with Crippen molar-refractivity contribution in [2.24, 2.45) is 0 Å². The lowest BCUT2D eigenvalue weighted by molar-refractivity contribution is 1.07. The number of hydrogen-bond donors (Lipinski definition) is 0. The average Bonchev–Trinajstić information content (AvgIpc) is 0.745. The minimum atomic E-state index is 0.630. The van der Waals surface area contributed by atoms with Crippen molar-refractivity contribution in [1.29, 1.82) is 0 Å². The molecule has 0 amide bonds. The van der Waals surface area contributed by atoms with Crippen LogP contribution < -0.4 is 0 Å². The highest BCUT2D eigenvalue weighted by molar-refractivity contribution is 6.21. The van der Waals surface area contributed by atoms with Crippen LogP contribution >= 0.6 is 0 Å². The maximum Gasteiger partial charge on any atom is 0.164 e. The van der Waals surface area contributed by atoms with Crippen molar-refractivity contribution in [2.45, 2.75) is 0 Å². The van der Waals surface area contributed by atoms with Gasteiger partial charge in [-0.15, -0.1) is 0 Å². The van der Waals surface area contributed by atoms with E-state index in [2.05, 4.69) is 315 Å². The zero-order valence-electron chi connectivity index (χ0n) is 58.5. The third-order valence-electron chi connectivity index (χ3n) is 20.2. The van der Waals surface area contributed by atoms with Crippen molar-refractivity contribution >= 4 is 64.9 Å². The normalized spacial score (nSPS) is 11.3. The number of aromatic nitrogens is 8. The van der Waals surface area contributed by atoms with Gasteiger partial charge in [0.2, 0.25) is 0 Å². The Morgan fingerprint density at radius 3 is 0.889 bits per heavy atom. The Morgan fingerprint density at radius 1 is 0.139 bits per heavy atom. The van der Waals surface area contributed by atoms with Crippen LogP contribution in [-0.2, 0) is 0 Å². The van der Waals surface area contributed by atoms with E-state index in [1.165, 1.54) is 48.8 Å². The zero-order chi connectivity index (χ0) is 71.7. The summed E-state index contributed by atoms with van der Waals surface area (Å²) in [5, 5.41) is 11.8. The summed E-state index contributed by atoms with van der Waals surface area (Å²) in [6.45, 7) is 0. The van der Waals surface area contributed by atoms with Crippen molar-refractivity contribution in [3.63, 3.8) is 0 Å². The van der Waals surface area contributed by atoms with Gasteiger partial charge in [-0.05, 0) is 89.6 Å². The van der Waals surface area contributed by atoms with Crippen LogP contribution in [-0.4, -0.2) is 39.9 Å². The van der Waals surface area contributed by atoms with Gasteiger partial charge in [-0.25, -0.2) is 39.9 Å². The van der Waals surface area contributed by atoms with Gasteiger partial charge in [0.25, 0.3) is 0 Å². The molecule has 0 aliphatic heterocycles. The van der Waals surface area contributed by atoms with Crippen molar-refractivity contribution in [3.05, 3.63) is 388 Å². The van der Waals surface area contributed by atoms with E-state index in [1.807, 2.05) is 72.8 Å². The summed E-state index contributed by atoms with van der Waals surface area (Å²) in [6, 6.07) is 135. The summed E-state index contributed by atoms with van der Waals surface area (Å²) in [7, 11) is 0. The minimum absolute atomic E-state index is 0.630. The smallest absolute Gasteiger partial charge is 0.164 e. The van der Waals surface area contributed by atoms with Gasteiger partial charge >= 0.3 is 0 Å². The van der Waals surface area contributed by atoms with Gasteiger partial charge in [0, 0.05) is 71.4 Å². The molecule has 8 nitrogen and oxygen atoms in total. The van der Waals surface area contributed by atoms with Gasteiger partial charge in [-0.1, -0.05) is 370 Å². The zero-order valence-corrected chi connectivity index (χ0v) is 58.5. The molecule has 20 rings (SSSR count). The van der Waals surface area contributed by atoms with E-state index in [9.17, 15) is 0 Å².